The van der Waals surface area contributed by atoms with Gasteiger partial charge in [-0.15, -0.1) is 0 Å². The van der Waals surface area contributed by atoms with Gasteiger partial charge in [0.1, 0.15) is 5.82 Å². The predicted molar refractivity (Wildman–Crippen MR) is 78.2 cm³/mol. The second-order valence-electron chi connectivity index (χ2n) is 5.12. The zero-order valence-corrected chi connectivity index (χ0v) is 12.2. The van der Waals surface area contributed by atoms with Crippen molar-refractivity contribution in [3.05, 3.63) is 29.6 Å². The van der Waals surface area contributed by atoms with Crippen molar-refractivity contribution < 1.29 is 9.18 Å². The summed E-state index contributed by atoms with van der Waals surface area (Å²) in [6.45, 7) is 5.14. The molecule has 1 fully saturated rings. The van der Waals surface area contributed by atoms with Crippen molar-refractivity contribution in [3.8, 4) is 0 Å². The van der Waals surface area contributed by atoms with E-state index in [4.69, 9.17) is 0 Å². The number of hydrogen-bond donors (Lipinski definition) is 1. The minimum atomic E-state index is -0.252. The van der Waals surface area contributed by atoms with Crippen LogP contribution in [0.1, 0.15) is 18.9 Å². The van der Waals surface area contributed by atoms with Gasteiger partial charge in [-0.1, -0.05) is 19.1 Å². The summed E-state index contributed by atoms with van der Waals surface area (Å²) in [5, 5.41) is 3.22. The lowest BCUT2D eigenvalue weighted by molar-refractivity contribution is -0.127. The van der Waals surface area contributed by atoms with Crippen molar-refractivity contribution in [2.24, 2.45) is 0 Å². The second kappa shape index (κ2) is 6.70. The monoisotopic (exact) mass is 279 g/mol. The maximum absolute atomic E-state index is 14.2. The molecule has 1 N–H and O–H groups in total. The molecule has 1 saturated heterocycles. The topological polar surface area (TPSA) is 35.6 Å². The van der Waals surface area contributed by atoms with Gasteiger partial charge in [0.25, 0.3) is 0 Å². The quantitative estimate of drug-likeness (QED) is 0.909. The van der Waals surface area contributed by atoms with E-state index in [9.17, 15) is 9.18 Å². The van der Waals surface area contributed by atoms with Crippen LogP contribution in [-0.4, -0.2) is 44.0 Å². The molecule has 0 aliphatic carbocycles. The standard InChI is InChI=1S/C15H22FN3O/c1-3-17-10-12-6-4-7-13(16)15(12)19-9-5-8-18(2)14(20)11-19/h4,6-7,17H,3,5,8-11H2,1-2H3. The first-order valence-corrected chi connectivity index (χ1v) is 7.10. The Balaban J connectivity index is 2.28. The van der Waals surface area contributed by atoms with E-state index in [-0.39, 0.29) is 18.3 Å². The van der Waals surface area contributed by atoms with E-state index in [1.165, 1.54) is 6.07 Å². The molecule has 0 spiro atoms. The Morgan fingerprint density at radius 1 is 1.35 bits per heavy atom. The first-order chi connectivity index (χ1) is 9.63. The van der Waals surface area contributed by atoms with Gasteiger partial charge in [-0.05, 0) is 24.6 Å². The van der Waals surface area contributed by atoms with Gasteiger partial charge >= 0.3 is 0 Å². The minimum Gasteiger partial charge on any atom is -0.360 e. The highest BCUT2D eigenvalue weighted by atomic mass is 19.1. The molecular formula is C15H22FN3O. The Morgan fingerprint density at radius 2 is 2.15 bits per heavy atom. The van der Waals surface area contributed by atoms with Gasteiger partial charge in [0.05, 0.1) is 12.2 Å². The van der Waals surface area contributed by atoms with Gasteiger partial charge in [-0.2, -0.15) is 0 Å². The number of para-hydroxylation sites is 1. The average Bonchev–Trinajstić information content (AvgIpc) is 2.59. The Bertz CT molecular complexity index is 478. The molecule has 0 unspecified atom stereocenters. The van der Waals surface area contributed by atoms with Crippen LogP contribution in [0.5, 0.6) is 0 Å². The zero-order chi connectivity index (χ0) is 14.5. The summed E-state index contributed by atoms with van der Waals surface area (Å²) in [6, 6.07) is 5.10. The summed E-state index contributed by atoms with van der Waals surface area (Å²) in [5.41, 5.74) is 1.47. The number of carbonyl (C=O) groups excluding carboxylic acids is 1. The molecule has 1 heterocycles. The van der Waals surface area contributed by atoms with Crippen LogP contribution in [0.3, 0.4) is 0 Å². The summed E-state index contributed by atoms with van der Waals surface area (Å²) in [7, 11) is 1.80. The highest BCUT2D eigenvalue weighted by molar-refractivity contribution is 5.82. The van der Waals surface area contributed by atoms with Crippen LogP contribution in [0.2, 0.25) is 0 Å². The van der Waals surface area contributed by atoms with Gasteiger partial charge in [-0.25, -0.2) is 4.39 Å². The third kappa shape index (κ3) is 3.28. The number of benzene rings is 1. The van der Waals surface area contributed by atoms with Crippen molar-refractivity contribution >= 4 is 11.6 Å². The summed E-state index contributed by atoms with van der Waals surface area (Å²) in [5.74, 6) is -0.210. The number of hydrogen-bond acceptors (Lipinski definition) is 3. The van der Waals surface area contributed by atoms with Crippen LogP contribution in [0.15, 0.2) is 18.2 Å². The molecule has 4 nitrogen and oxygen atoms in total. The van der Waals surface area contributed by atoms with Gasteiger partial charge < -0.3 is 15.1 Å². The van der Waals surface area contributed by atoms with Crippen LogP contribution < -0.4 is 10.2 Å². The number of amides is 1. The number of rotatable bonds is 4. The molecule has 0 aromatic heterocycles. The van der Waals surface area contributed by atoms with Crippen LogP contribution >= 0.6 is 0 Å². The third-order valence-corrected chi connectivity index (χ3v) is 3.63. The number of anilines is 1. The van der Waals surface area contributed by atoms with E-state index in [1.807, 2.05) is 17.9 Å². The van der Waals surface area contributed by atoms with Crippen molar-refractivity contribution in [3.63, 3.8) is 0 Å². The largest absolute Gasteiger partial charge is 0.360 e. The smallest absolute Gasteiger partial charge is 0.241 e. The second-order valence-corrected chi connectivity index (χ2v) is 5.12. The lowest BCUT2D eigenvalue weighted by Crippen LogP contribution is -2.35. The molecule has 1 amide bonds. The van der Waals surface area contributed by atoms with Crippen LogP contribution in [0.4, 0.5) is 10.1 Å². The van der Waals surface area contributed by atoms with Crippen LogP contribution in [-0.2, 0) is 11.3 Å². The van der Waals surface area contributed by atoms with Crippen LogP contribution in [0.25, 0.3) is 0 Å². The third-order valence-electron chi connectivity index (χ3n) is 3.63. The number of carbonyl (C=O) groups is 1. The molecule has 0 bridgehead atoms. The normalized spacial score (nSPS) is 16.4. The molecule has 1 aromatic rings. The molecule has 1 aliphatic rings. The summed E-state index contributed by atoms with van der Waals surface area (Å²) < 4.78 is 14.2. The van der Waals surface area contributed by atoms with Gasteiger partial charge in [0.15, 0.2) is 0 Å². The molecule has 20 heavy (non-hydrogen) atoms. The fraction of sp³-hybridized carbons (Fsp3) is 0.533. The lowest BCUT2D eigenvalue weighted by atomic mass is 10.1. The number of halogens is 1. The number of nitrogens with one attached hydrogen (secondary N) is 1. The highest BCUT2D eigenvalue weighted by Crippen LogP contribution is 2.25. The van der Waals surface area contributed by atoms with E-state index in [2.05, 4.69) is 5.32 Å². The van der Waals surface area contributed by atoms with Crippen molar-refractivity contribution in [1.82, 2.24) is 10.2 Å². The molecule has 1 aromatic carbocycles. The average molecular weight is 279 g/mol. The SMILES string of the molecule is CCNCc1cccc(F)c1N1CCCN(C)C(=O)C1. The maximum Gasteiger partial charge on any atom is 0.241 e. The Hall–Kier alpha value is -1.62. The fourth-order valence-electron chi connectivity index (χ4n) is 2.49. The predicted octanol–water partition coefficient (Wildman–Crippen LogP) is 1.60. The fourth-order valence-corrected chi connectivity index (χ4v) is 2.49. The number of nitrogens with zero attached hydrogens (tertiary/aromatic N) is 2. The molecule has 0 saturated carbocycles. The molecule has 1 aliphatic heterocycles. The summed E-state index contributed by atoms with van der Waals surface area (Å²) in [4.78, 5) is 15.6. The van der Waals surface area contributed by atoms with Crippen LogP contribution in [0, 0.1) is 5.82 Å². The molecule has 0 radical (unpaired) electrons. The zero-order valence-electron chi connectivity index (χ0n) is 12.2. The summed E-state index contributed by atoms with van der Waals surface area (Å²) >= 11 is 0. The number of likely N-dealkylation sites (N-methyl/N-ethyl adjacent to an activating group) is 1. The molecule has 110 valence electrons. The Morgan fingerprint density at radius 3 is 2.90 bits per heavy atom. The maximum atomic E-state index is 14.2. The highest BCUT2D eigenvalue weighted by Gasteiger charge is 2.23. The minimum absolute atomic E-state index is 0.0418. The van der Waals surface area contributed by atoms with Gasteiger partial charge in [-0.3, -0.25) is 4.79 Å². The van der Waals surface area contributed by atoms with E-state index >= 15 is 0 Å². The first-order valence-electron chi connectivity index (χ1n) is 7.10. The van der Waals surface area contributed by atoms with E-state index in [0.717, 1.165) is 25.1 Å². The van der Waals surface area contributed by atoms with Gasteiger partial charge in [0, 0.05) is 26.7 Å². The molecular weight excluding hydrogens is 257 g/mol. The summed E-state index contributed by atoms with van der Waals surface area (Å²) in [6.07, 6.45) is 0.858. The van der Waals surface area contributed by atoms with E-state index < -0.39 is 0 Å². The van der Waals surface area contributed by atoms with E-state index in [1.54, 1.807) is 18.0 Å². The van der Waals surface area contributed by atoms with E-state index in [0.29, 0.717) is 18.8 Å². The van der Waals surface area contributed by atoms with Crippen molar-refractivity contribution in [2.45, 2.75) is 19.9 Å². The van der Waals surface area contributed by atoms with Gasteiger partial charge in [0.2, 0.25) is 5.91 Å². The Labute approximate surface area is 119 Å². The van der Waals surface area contributed by atoms with Crippen molar-refractivity contribution in [2.75, 3.05) is 38.1 Å². The Kier molecular flexibility index (Phi) is 4.95. The first kappa shape index (κ1) is 14.8. The lowest BCUT2D eigenvalue weighted by Gasteiger charge is -2.25. The molecule has 5 heteroatoms. The molecule has 2 rings (SSSR count). The molecule has 0 atom stereocenters. The van der Waals surface area contributed by atoms with Crippen molar-refractivity contribution in [1.29, 1.82) is 0 Å².